The van der Waals surface area contributed by atoms with Crippen molar-refractivity contribution in [2.24, 2.45) is 0 Å². The van der Waals surface area contributed by atoms with Crippen molar-refractivity contribution < 1.29 is 9.18 Å². The lowest BCUT2D eigenvalue weighted by Gasteiger charge is -2.35. The summed E-state index contributed by atoms with van der Waals surface area (Å²) in [5.41, 5.74) is 2.04. The molecule has 1 aromatic carbocycles. The Labute approximate surface area is 161 Å². The number of hydrogen-bond donors (Lipinski definition) is 1. The number of aryl methyl sites for hydroxylation is 1. The highest BCUT2D eigenvalue weighted by atomic mass is 19.1. The van der Waals surface area contributed by atoms with E-state index in [1.165, 1.54) is 18.5 Å². The Bertz CT molecular complexity index is 1030. The van der Waals surface area contributed by atoms with E-state index in [9.17, 15) is 9.18 Å². The smallest absolute Gasteiger partial charge is 0.223 e. The number of aromatic amines is 1. The first kappa shape index (κ1) is 17.9. The fourth-order valence-corrected chi connectivity index (χ4v) is 3.47. The zero-order chi connectivity index (χ0) is 19.5. The summed E-state index contributed by atoms with van der Waals surface area (Å²) in [5.74, 6) is 0.612. The Morgan fingerprint density at radius 2 is 1.93 bits per heavy atom. The predicted octanol–water partition coefficient (Wildman–Crippen LogP) is 2.25. The lowest BCUT2D eigenvalue weighted by Crippen LogP contribution is -2.49. The minimum absolute atomic E-state index is 0.102. The molecule has 1 saturated heterocycles. The molecular formula is C20H19FN6O. The van der Waals surface area contributed by atoms with E-state index in [2.05, 4.69) is 25.9 Å². The molecule has 1 aliphatic heterocycles. The Kier molecular flexibility index (Phi) is 4.89. The molecule has 0 aliphatic carbocycles. The van der Waals surface area contributed by atoms with Crippen LogP contribution in [0.1, 0.15) is 17.7 Å². The molecule has 0 radical (unpaired) electrons. The molecular weight excluding hydrogens is 359 g/mol. The van der Waals surface area contributed by atoms with E-state index in [0.717, 1.165) is 16.8 Å². The van der Waals surface area contributed by atoms with Gasteiger partial charge >= 0.3 is 0 Å². The number of carbonyl (C=O) groups is 1. The number of piperazine rings is 1. The van der Waals surface area contributed by atoms with Gasteiger partial charge < -0.3 is 14.8 Å². The number of benzene rings is 1. The molecule has 0 bridgehead atoms. The highest BCUT2D eigenvalue weighted by Crippen LogP contribution is 2.24. The SMILES string of the molecule is N#Cc1cc2c(N3CCN(C(=O)CCc4ccc(F)cc4)CC3)ncnc2[nH]1. The summed E-state index contributed by atoms with van der Waals surface area (Å²) in [7, 11) is 0. The van der Waals surface area contributed by atoms with Gasteiger partial charge in [-0.1, -0.05) is 12.1 Å². The summed E-state index contributed by atoms with van der Waals surface area (Å²) < 4.78 is 13.0. The maximum atomic E-state index is 13.0. The highest BCUT2D eigenvalue weighted by molar-refractivity contribution is 5.89. The molecule has 1 aliphatic rings. The molecule has 0 unspecified atom stereocenters. The van der Waals surface area contributed by atoms with Crippen molar-refractivity contribution in [1.82, 2.24) is 19.9 Å². The van der Waals surface area contributed by atoms with E-state index in [-0.39, 0.29) is 11.7 Å². The van der Waals surface area contributed by atoms with Crippen molar-refractivity contribution in [1.29, 1.82) is 5.26 Å². The Balaban J connectivity index is 1.37. The van der Waals surface area contributed by atoms with Gasteiger partial charge in [0.25, 0.3) is 0 Å². The van der Waals surface area contributed by atoms with Crippen LogP contribution in [0, 0.1) is 17.1 Å². The van der Waals surface area contributed by atoms with E-state index in [1.807, 2.05) is 4.90 Å². The van der Waals surface area contributed by atoms with Crippen molar-refractivity contribution in [3.63, 3.8) is 0 Å². The molecule has 1 fully saturated rings. The van der Waals surface area contributed by atoms with Gasteiger partial charge in [0.05, 0.1) is 5.39 Å². The summed E-state index contributed by atoms with van der Waals surface area (Å²) in [6.07, 6.45) is 2.49. The van der Waals surface area contributed by atoms with Gasteiger partial charge in [-0.3, -0.25) is 4.79 Å². The van der Waals surface area contributed by atoms with Crippen LogP contribution in [-0.4, -0.2) is 51.9 Å². The second-order valence-electron chi connectivity index (χ2n) is 6.75. The number of carbonyl (C=O) groups excluding carboxylic acids is 1. The number of amides is 1. The first-order chi connectivity index (χ1) is 13.6. The van der Waals surface area contributed by atoms with E-state index < -0.39 is 0 Å². The monoisotopic (exact) mass is 378 g/mol. The number of nitrogens with one attached hydrogen (secondary N) is 1. The third kappa shape index (κ3) is 3.64. The molecule has 0 saturated carbocycles. The Hall–Kier alpha value is -3.47. The number of aromatic nitrogens is 3. The second kappa shape index (κ2) is 7.64. The second-order valence-corrected chi connectivity index (χ2v) is 6.75. The number of halogens is 1. The minimum Gasteiger partial charge on any atom is -0.352 e. The van der Waals surface area contributed by atoms with Gasteiger partial charge in [0.2, 0.25) is 5.91 Å². The lowest BCUT2D eigenvalue weighted by molar-refractivity contribution is -0.131. The molecule has 1 N–H and O–H groups in total. The fraction of sp³-hybridized carbons (Fsp3) is 0.300. The molecule has 0 spiro atoms. The number of anilines is 1. The number of fused-ring (bicyclic) bond motifs is 1. The summed E-state index contributed by atoms with van der Waals surface area (Å²) >= 11 is 0. The van der Waals surface area contributed by atoms with E-state index in [1.54, 1.807) is 18.2 Å². The number of nitrogens with zero attached hydrogens (tertiary/aromatic N) is 5. The average molecular weight is 378 g/mol. The van der Waals surface area contributed by atoms with Crippen LogP contribution in [0.4, 0.5) is 10.2 Å². The largest absolute Gasteiger partial charge is 0.352 e. The lowest BCUT2D eigenvalue weighted by atomic mass is 10.1. The topological polar surface area (TPSA) is 88.9 Å². The van der Waals surface area contributed by atoms with Crippen LogP contribution in [0.25, 0.3) is 11.0 Å². The highest BCUT2D eigenvalue weighted by Gasteiger charge is 2.23. The van der Waals surface area contributed by atoms with Gasteiger partial charge in [-0.05, 0) is 30.2 Å². The van der Waals surface area contributed by atoms with Crippen LogP contribution < -0.4 is 4.90 Å². The van der Waals surface area contributed by atoms with E-state index >= 15 is 0 Å². The first-order valence-electron chi connectivity index (χ1n) is 9.15. The van der Waals surface area contributed by atoms with Gasteiger partial charge in [-0.15, -0.1) is 0 Å². The molecule has 0 atom stereocenters. The van der Waals surface area contributed by atoms with Crippen molar-refractivity contribution in [2.75, 3.05) is 31.1 Å². The predicted molar refractivity (Wildman–Crippen MR) is 102 cm³/mol. The maximum Gasteiger partial charge on any atom is 0.223 e. The minimum atomic E-state index is -0.269. The Morgan fingerprint density at radius 1 is 1.18 bits per heavy atom. The fourth-order valence-electron chi connectivity index (χ4n) is 3.47. The summed E-state index contributed by atoms with van der Waals surface area (Å²) in [6.45, 7) is 2.56. The van der Waals surface area contributed by atoms with Crippen molar-refractivity contribution in [3.05, 3.63) is 53.7 Å². The summed E-state index contributed by atoms with van der Waals surface area (Å²) in [4.78, 5) is 28.0. The van der Waals surface area contributed by atoms with Gasteiger partial charge in [0.15, 0.2) is 0 Å². The summed E-state index contributed by atoms with van der Waals surface area (Å²) in [6, 6.07) is 10.1. The molecule has 3 heterocycles. The maximum absolute atomic E-state index is 13.0. The molecule has 3 aromatic rings. The third-order valence-corrected chi connectivity index (χ3v) is 5.00. The number of H-pyrrole nitrogens is 1. The van der Waals surface area contributed by atoms with Gasteiger partial charge in [0, 0.05) is 32.6 Å². The molecule has 8 heteroatoms. The van der Waals surface area contributed by atoms with Crippen LogP contribution in [0.5, 0.6) is 0 Å². The van der Waals surface area contributed by atoms with Crippen LogP contribution in [-0.2, 0) is 11.2 Å². The van der Waals surface area contributed by atoms with Gasteiger partial charge in [-0.25, -0.2) is 14.4 Å². The quantitative estimate of drug-likeness (QED) is 0.752. The average Bonchev–Trinajstić information content (AvgIpc) is 3.17. The zero-order valence-electron chi connectivity index (χ0n) is 15.2. The van der Waals surface area contributed by atoms with Crippen molar-refractivity contribution in [3.8, 4) is 6.07 Å². The molecule has 1 amide bonds. The van der Waals surface area contributed by atoms with Crippen molar-refractivity contribution in [2.45, 2.75) is 12.8 Å². The van der Waals surface area contributed by atoms with E-state index in [4.69, 9.17) is 5.26 Å². The van der Waals surface area contributed by atoms with Crippen LogP contribution >= 0.6 is 0 Å². The molecule has 7 nitrogen and oxygen atoms in total. The third-order valence-electron chi connectivity index (χ3n) is 5.00. The molecule has 142 valence electrons. The molecule has 28 heavy (non-hydrogen) atoms. The van der Waals surface area contributed by atoms with Crippen LogP contribution in [0.15, 0.2) is 36.7 Å². The normalized spacial score (nSPS) is 14.3. The van der Waals surface area contributed by atoms with E-state index in [0.29, 0.717) is 50.4 Å². The van der Waals surface area contributed by atoms with Crippen LogP contribution in [0.3, 0.4) is 0 Å². The van der Waals surface area contributed by atoms with Crippen LogP contribution in [0.2, 0.25) is 0 Å². The molecule has 2 aromatic heterocycles. The first-order valence-corrected chi connectivity index (χ1v) is 9.15. The van der Waals surface area contributed by atoms with Gasteiger partial charge in [-0.2, -0.15) is 5.26 Å². The Morgan fingerprint density at radius 3 is 2.64 bits per heavy atom. The summed E-state index contributed by atoms with van der Waals surface area (Å²) in [5, 5.41) is 9.89. The number of nitriles is 1. The molecule has 4 rings (SSSR count). The zero-order valence-corrected chi connectivity index (χ0v) is 15.2. The standard InChI is InChI=1S/C20H19FN6O/c21-15-4-1-14(2-5-15)3-6-18(28)26-7-9-27(10-8-26)20-17-11-16(12-22)25-19(17)23-13-24-20/h1-2,4-5,11,13H,3,6-10H2,(H,23,24,25). The number of hydrogen-bond acceptors (Lipinski definition) is 5. The number of rotatable bonds is 4. The van der Waals surface area contributed by atoms with Crippen molar-refractivity contribution >= 4 is 22.8 Å². The van der Waals surface area contributed by atoms with Gasteiger partial charge in [0.1, 0.15) is 35.4 Å².